The van der Waals surface area contributed by atoms with Crippen molar-refractivity contribution in [1.29, 1.82) is 0 Å². The van der Waals surface area contributed by atoms with Crippen molar-refractivity contribution in [1.82, 2.24) is 4.98 Å². The van der Waals surface area contributed by atoms with Gasteiger partial charge in [-0.2, -0.15) is 4.98 Å². The molecule has 19 heavy (non-hydrogen) atoms. The van der Waals surface area contributed by atoms with Crippen molar-refractivity contribution in [3.63, 3.8) is 0 Å². The van der Waals surface area contributed by atoms with Gasteiger partial charge in [-0.3, -0.25) is 0 Å². The SMILES string of the molecule is CCOc1oc(-c2ccc(F)c(Cl)c2)nc1C(=O)O. The summed E-state index contributed by atoms with van der Waals surface area (Å²) in [7, 11) is 0. The number of oxazole rings is 1. The number of ether oxygens (including phenoxy) is 1. The Bertz CT molecular complexity index is 626. The Balaban J connectivity index is 2.47. The molecule has 0 saturated heterocycles. The van der Waals surface area contributed by atoms with Crippen LogP contribution in [0.1, 0.15) is 17.4 Å². The summed E-state index contributed by atoms with van der Waals surface area (Å²) in [5, 5.41) is 8.86. The summed E-state index contributed by atoms with van der Waals surface area (Å²) in [5.41, 5.74) is 0.0251. The number of hydrogen-bond donors (Lipinski definition) is 1. The number of hydrogen-bond acceptors (Lipinski definition) is 4. The van der Waals surface area contributed by atoms with Crippen LogP contribution < -0.4 is 4.74 Å². The molecule has 0 bridgehead atoms. The molecule has 0 fully saturated rings. The molecule has 0 atom stereocenters. The van der Waals surface area contributed by atoms with Gasteiger partial charge in [0.25, 0.3) is 0 Å². The molecule has 0 radical (unpaired) electrons. The maximum Gasteiger partial charge on any atom is 0.362 e. The van der Waals surface area contributed by atoms with E-state index in [0.717, 1.165) is 6.07 Å². The molecule has 2 aromatic rings. The smallest absolute Gasteiger partial charge is 0.362 e. The van der Waals surface area contributed by atoms with Crippen LogP contribution in [0.4, 0.5) is 4.39 Å². The number of aromatic nitrogens is 1. The van der Waals surface area contributed by atoms with Crippen LogP contribution in [0.5, 0.6) is 5.95 Å². The van der Waals surface area contributed by atoms with Crippen LogP contribution in [-0.2, 0) is 0 Å². The first-order valence-electron chi connectivity index (χ1n) is 5.35. The molecule has 1 heterocycles. The predicted octanol–water partition coefficient (Wildman–Crippen LogP) is 3.23. The van der Waals surface area contributed by atoms with Gasteiger partial charge in [0, 0.05) is 5.56 Å². The fourth-order valence-corrected chi connectivity index (χ4v) is 1.60. The Morgan fingerprint density at radius 3 is 2.89 bits per heavy atom. The van der Waals surface area contributed by atoms with E-state index in [0.29, 0.717) is 5.56 Å². The highest BCUT2D eigenvalue weighted by molar-refractivity contribution is 6.31. The molecule has 1 aromatic heterocycles. The molecule has 0 amide bonds. The first-order valence-corrected chi connectivity index (χ1v) is 5.73. The van der Waals surface area contributed by atoms with Gasteiger partial charge in [-0.15, -0.1) is 0 Å². The molecule has 2 rings (SSSR count). The number of aromatic carboxylic acids is 1. The maximum atomic E-state index is 13.0. The molecule has 100 valence electrons. The van der Waals surface area contributed by atoms with Crippen molar-refractivity contribution in [2.45, 2.75) is 6.92 Å². The molecule has 1 aromatic carbocycles. The second-order valence-electron chi connectivity index (χ2n) is 3.52. The normalized spacial score (nSPS) is 10.5. The van der Waals surface area contributed by atoms with Crippen LogP contribution >= 0.6 is 11.6 Å². The summed E-state index contributed by atoms with van der Waals surface area (Å²) in [6.07, 6.45) is 0. The number of halogens is 2. The van der Waals surface area contributed by atoms with Crippen molar-refractivity contribution in [2.24, 2.45) is 0 Å². The van der Waals surface area contributed by atoms with Gasteiger partial charge in [-0.05, 0) is 25.1 Å². The maximum absolute atomic E-state index is 13.0. The van der Waals surface area contributed by atoms with Crippen LogP contribution in [-0.4, -0.2) is 22.7 Å². The number of rotatable bonds is 4. The van der Waals surface area contributed by atoms with Crippen molar-refractivity contribution in [2.75, 3.05) is 6.61 Å². The van der Waals surface area contributed by atoms with E-state index in [4.69, 9.17) is 25.9 Å². The molecular weight excluding hydrogens is 277 g/mol. The van der Waals surface area contributed by atoms with E-state index in [9.17, 15) is 9.18 Å². The highest BCUT2D eigenvalue weighted by Crippen LogP contribution is 2.29. The number of carbonyl (C=O) groups is 1. The van der Waals surface area contributed by atoms with E-state index in [-0.39, 0.29) is 29.2 Å². The number of carboxylic acid groups (broad SMARTS) is 1. The van der Waals surface area contributed by atoms with Crippen LogP contribution in [0.25, 0.3) is 11.5 Å². The summed E-state index contributed by atoms with van der Waals surface area (Å²) >= 11 is 5.64. The van der Waals surface area contributed by atoms with Crippen molar-refractivity contribution < 1.29 is 23.4 Å². The average Bonchev–Trinajstić information content (AvgIpc) is 2.77. The summed E-state index contributed by atoms with van der Waals surface area (Å²) in [6, 6.07) is 3.82. The number of benzene rings is 1. The minimum absolute atomic E-state index is 0.00255. The fraction of sp³-hybridized carbons (Fsp3) is 0.167. The average molecular weight is 286 g/mol. The Kier molecular flexibility index (Phi) is 3.71. The van der Waals surface area contributed by atoms with Gasteiger partial charge in [0.15, 0.2) is 0 Å². The minimum Gasteiger partial charge on any atom is -0.476 e. The molecule has 0 unspecified atom stereocenters. The molecule has 5 nitrogen and oxygen atoms in total. The third kappa shape index (κ3) is 2.68. The van der Waals surface area contributed by atoms with Crippen LogP contribution in [0.15, 0.2) is 22.6 Å². The standard InChI is InChI=1S/C12H9ClFNO4/c1-2-18-12-9(11(16)17)15-10(19-12)6-3-4-8(14)7(13)5-6/h3-5H,2H2,1H3,(H,16,17). The quantitative estimate of drug-likeness (QED) is 0.933. The highest BCUT2D eigenvalue weighted by Gasteiger charge is 2.22. The van der Waals surface area contributed by atoms with E-state index in [1.807, 2.05) is 0 Å². The van der Waals surface area contributed by atoms with Gasteiger partial charge >= 0.3 is 11.9 Å². The lowest BCUT2D eigenvalue weighted by Crippen LogP contribution is -2.01. The van der Waals surface area contributed by atoms with Crippen molar-refractivity contribution in [3.8, 4) is 17.4 Å². The second kappa shape index (κ2) is 5.27. The fourth-order valence-electron chi connectivity index (χ4n) is 1.42. The van der Waals surface area contributed by atoms with E-state index >= 15 is 0 Å². The minimum atomic E-state index is -1.27. The lowest BCUT2D eigenvalue weighted by molar-refractivity contribution is 0.0683. The molecule has 0 aliphatic carbocycles. The monoisotopic (exact) mass is 285 g/mol. The zero-order valence-corrected chi connectivity index (χ0v) is 10.6. The van der Waals surface area contributed by atoms with Crippen LogP contribution in [0.3, 0.4) is 0 Å². The van der Waals surface area contributed by atoms with E-state index < -0.39 is 11.8 Å². The van der Waals surface area contributed by atoms with Gasteiger partial charge in [0.1, 0.15) is 5.82 Å². The van der Waals surface area contributed by atoms with Crippen LogP contribution in [0.2, 0.25) is 5.02 Å². The number of nitrogens with zero attached hydrogens (tertiary/aromatic N) is 1. The van der Waals surface area contributed by atoms with Gasteiger partial charge in [0.2, 0.25) is 11.6 Å². The lowest BCUT2D eigenvalue weighted by atomic mass is 10.2. The zero-order valence-electron chi connectivity index (χ0n) is 9.81. The number of carboxylic acids is 1. The van der Waals surface area contributed by atoms with Crippen molar-refractivity contribution in [3.05, 3.63) is 34.7 Å². The zero-order chi connectivity index (χ0) is 14.0. The summed E-state index contributed by atoms with van der Waals surface area (Å²) in [5.74, 6) is -2.04. The first kappa shape index (κ1) is 13.4. The Morgan fingerprint density at radius 2 is 2.32 bits per heavy atom. The van der Waals surface area contributed by atoms with E-state index in [1.54, 1.807) is 6.92 Å². The van der Waals surface area contributed by atoms with E-state index in [1.165, 1.54) is 12.1 Å². The Labute approximate surface area is 112 Å². The molecule has 7 heteroatoms. The van der Waals surface area contributed by atoms with Gasteiger partial charge < -0.3 is 14.3 Å². The van der Waals surface area contributed by atoms with Crippen molar-refractivity contribution >= 4 is 17.6 Å². The molecule has 0 aliphatic heterocycles. The van der Waals surface area contributed by atoms with Gasteiger partial charge in [-0.25, -0.2) is 9.18 Å². The topological polar surface area (TPSA) is 72.6 Å². The second-order valence-corrected chi connectivity index (χ2v) is 3.93. The predicted molar refractivity (Wildman–Crippen MR) is 65.0 cm³/mol. The molecule has 0 saturated carbocycles. The summed E-state index contributed by atoms with van der Waals surface area (Å²) < 4.78 is 23.3. The Morgan fingerprint density at radius 1 is 1.58 bits per heavy atom. The molecule has 0 aliphatic rings. The lowest BCUT2D eigenvalue weighted by Gasteiger charge is -1.98. The molecular formula is C12H9ClFNO4. The van der Waals surface area contributed by atoms with Gasteiger partial charge in [-0.1, -0.05) is 11.6 Å². The molecule has 1 N–H and O–H groups in total. The molecule has 0 spiro atoms. The van der Waals surface area contributed by atoms with Crippen LogP contribution in [0, 0.1) is 5.82 Å². The Hall–Kier alpha value is -2.08. The van der Waals surface area contributed by atoms with Gasteiger partial charge in [0.05, 0.1) is 11.6 Å². The largest absolute Gasteiger partial charge is 0.476 e. The highest BCUT2D eigenvalue weighted by atomic mass is 35.5. The summed E-state index contributed by atoms with van der Waals surface area (Å²) in [6.45, 7) is 1.92. The summed E-state index contributed by atoms with van der Waals surface area (Å²) in [4.78, 5) is 14.8. The van der Waals surface area contributed by atoms with E-state index in [2.05, 4.69) is 4.98 Å². The third-order valence-electron chi connectivity index (χ3n) is 2.24. The third-order valence-corrected chi connectivity index (χ3v) is 2.53. The first-order chi connectivity index (χ1) is 9.02.